The van der Waals surface area contributed by atoms with E-state index in [2.05, 4.69) is 70.2 Å². The molecule has 0 amide bonds. The number of pyridine rings is 1. The fourth-order valence-corrected chi connectivity index (χ4v) is 4.61. The average Bonchev–Trinajstić information content (AvgIpc) is 3.09. The lowest BCUT2D eigenvalue weighted by molar-refractivity contribution is 0.0983. The lowest BCUT2D eigenvalue weighted by Gasteiger charge is -2.34. The van der Waals surface area contributed by atoms with Crippen molar-refractivity contribution in [3.63, 3.8) is 0 Å². The summed E-state index contributed by atoms with van der Waals surface area (Å²) in [5, 5.41) is 6.05. The molecule has 0 bridgehead atoms. The lowest BCUT2D eigenvalue weighted by Crippen LogP contribution is -2.46. The van der Waals surface area contributed by atoms with Crippen LogP contribution in [0.4, 0.5) is 0 Å². The van der Waals surface area contributed by atoms with Crippen LogP contribution in [-0.2, 0) is 20.3 Å². The molecule has 32 heavy (non-hydrogen) atoms. The monoisotopic (exact) mass is 444 g/mol. The molecule has 3 heterocycles. The smallest absolute Gasteiger partial charge is 0.199 e. The van der Waals surface area contributed by atoms with Gasteiger partial charge in [0.25, 0.3) is 0 Å². The Labute approximate surface area is 193 Å². The molecule has 164 valence electrons. The van der Waals surface area contributed by atoms with Crippen molar-refractivity contribution in [2.45, 2.75) is 20.1 Å². The van der Waals surface area contributed by atoms with Gasteiger partial charge in [0.1, 0.15) is 0 Å². The second-order valence-electron chi connectivity index (χ2n) is 8.56. The number of piperazine rings is 1. The van der Waals surface area contributed by atoms with Crippen molar-refractivity contribution in [2.75, 3.05) is 26.2 Å². The Bertz CT molecular complexity index is 1290. The Hall–Kier alpha value is -2.87. The Morgan fingerprint density at radius 1 is 0.938 bits per heavy atom. The number of aromatic nitrogens is 4. The van der Waals surface area contributed by atoms with Crippen LogP contribution < -0.4 is 0 Å². The standard InChI is InChI=1S/C25H28N6S/c1-19-6-3-8-21(16-19)24-27-31(25(32)28(24)2)18-30-14-12-29(13-15-30)17-22-9-4-7-20-10-5-11-26-23(20)22/h3-11,16H,12-15,17-18H2,1-2H3. The van der Waals surface area contributed by atoms with Gasteiger partial charge in [-0.1, -0.05) is 48.0 Å². The van der Waals surface area contributed by atoms with E-state index in [4.69, 9.17) is 17.3 Å². The van der Waals surface area contributed by atoms with E-state index in [0.29, 0.717) is 0 Å². The Morgan fingerprint density at radius 3 is 2.50 bits per heavy atom. The fourth-order valence-electron chi connectivity index (χ4n) is 4.43. The summed E-state index contributed by atoms with van der Waals surface area (Å²) in [5.41, 5.74) is 4.73. The van der Waals surface area contributed by atoms with E-state index in [-0.39, 0.29) is 0 Å². The van der Waals surface area contributed by atoms with Gasteiger partial charge in [-0.3, -0.25) is 14.8 Å². The number of rotatable bonds is 5. The summed E-state index contributed by atoms with van der Waals surface area (Å²) in [6.07, 6.45) is 1.88. The van der Waals surface area contributed by atoms with Gasteiger partial charge in [-0.25, -0.2) is 4.68 Å². The molecule has 0 atom stereocenters. The molecule has 5 rings (SSSR count). The molecule has 4 aromatic rings. The van der Waals surface area contributed by atoms with Gasteiger partial charge in [0.2, 0.25) is 0 Å². The zero-order valence-corrected chi connectivity index (χ0v) is 19.4. The molecule has 0 spiro atoms. The van der Waals surface area contributed by atoms with E-state index in [1.807, 2.05) is 28.6 Å². The highest BCUT2D eigenvalue weighted by Gasteiger charge is 2.20. The van der Waals surface area contributed by atoms with Crippen LogP contribution in [0.1, 0.15) is 11.1 Å². The van der Waals surface area contributed by atoms with Gasteiger partial charge in [0.15, 0.2) is 10.6 Å². The van der Waals surface area contributed by atoms with Crippen molar-refractivity contribution >= 4 is 23.1 Å². The summed E-state index contributed by atoms with van der Waals surface area (Å²) in [6.45, 7) is 7.79. The third-order valence-corrected chi connectivity index (χ3v) is 6.71. The van der Waals surface area contributed by atoms with Crippen molar-refractivity contribution in [1.29, 1.82) is 0 Å². The number of aryl methyl sites for hydroxylation is 1. The molecule has 6 nitrogen and oxygen atoms in total. The second-order valence-corrected chi connectivity index (χ2v) is 8.93. The van der Waals surface area contributed by atoms with Gasteiger partial charge in [-0.2, -0.15) is 5.10 Å². The first-order valence-electron chi connectivity index (χ1n) is 11.1. The van der Waals surface area contributed by atoms with Crippen LogP contribution in [0, 0.1) is 11.7 Å². The van der Waals surface area contributed by atoms with E-state index in [9.17, 15) is 0 Å². The summed E-state index contributed by atoms with van der Waals surface area (Å²) < 4.78 is 4.72. The van der Waals surface area contributed by atoms with Crippen molar-refractivity contribution in [1.82, 2.24) is 29.1 Å². The largest absolute Gasteiger partial charge is 0.303 e. The predicted octanol–water partition coefficient (Wildman–Crippen LogP) is 4.25. The molecule has 0 saturated carbocycles. The van der Waals surface area contributed by atoms with Crippen LogP contribution in [0.15, 0.2) is 60.8 Å². The van der Waals surface area contributed by atoms with Crippen LogP contribution in [0.2, 0.25) is 0 Å². The minimum absolute atomic E-state index is 0.724. The van der Waals surface area contributed by atoms with Crippen molar-refractivity contribution < 1.29 is 0 Å². The number of hydrogen-bond donors (Lipinski definition) is 0. The molecule has 7 heteroatoms. The summed E-state index contributed by atoms with van der Waals surface area (Å²) in [4.78, 5) is 9.55. The molecular weight excluding hydrogens is 416 g/mol. The van der Waals surface area contributed by atoms with Gasteiger partial charge in [0, 0.05) is 56.9 Å². The zero-order valence-electron chi connectivity index (χ0n) is 18.6. The molecule has 2 aromatic carbocycles. The van der Waals surface area contributed by atoms with Crippen LogP contribution in [0.5, 0.6) is 0 Å². The zero-order chi connectivity index (χ0) is 22.1. The fraction of sp³-hybridized carbons (Fsp3) is 0.320. The Kier molecular flexibility index (Phi) is 5.87. The van der Waals surface area contributed by atoms with Gasteiger partial charge in [0.05, 0.1) is 12.2 Å². The van der Waals surface area contributed by atoms with Crippen LogP contribution in [-0.4, -0.2) is 55.3 Å². The van der Waals surface area contributed by atoms with Gasteiger partial charge < -0.3 is 4.57 Å². The van der Waals surface area contributed by atoms with Crippen LogP contribution >= 0.6 is 12.2 Å². The van der Waals surface area contributed by atoms with Crippen LogP contribution in [0.3, 0.4) is 0 Å². The molecule has 1 saturated heterocycles. The first kappa shape index (κ1) is 21.0. The molecule has 0 N–H and O–H groups in total. The quantitative estimate of drug-likeness (QED) is 0.431. The lowest BCUT2D eigenvalue weighted by atomic mass is 10.1. The van der Waals surface area contributed by atoms with Gasteiger partial charge in [-0.05, 0) is 36.8 Å². The number of nitrogens with zero attached hydrogens (tertiary/aromatic N) is 6. The average molecular weight is 445 g/mol. The Morgan fingerprint density at radius 2 is 1.69 bits per heavy atom. The minimum atomic E-state index is 0.724. The van der Waals surface area contributed by atoms with Gasteiger partial charge in [-0.15, -0.1) is 0 Å². The predicted molar refractivity (Wildman–Crippen MR) is 131 cm³/mol. The maximum absolute atomic E-state index is 5.69. The molecule has 0 unspecified atom stereocenters. The molecule has 2 aromatic heterocycles. The van der Waals surface area contributed by atoms with E-state index in [0.717, 1.165) is 61.1 Å². The summed E-state index contributed by atoms with van der Waals surface area (Å²) in [6, 6.07) is 19.0. The summed E-state index contributed by atoms with van der Waals surface area (Å²) >= 11 is 5.69. The topological polar surface area (TPSA) is 42.1 Å². The third-order valence-electron chi connectivity index (χ3n) is 6.23. The molecule has 1 fully saturated rings. The van der Waals surface area contributed by atoms with Gasteiger partial charge >= 0.3 is 0 Å². The number of para-hydroxylation sites is 1. The molecule has 0 radical (unpaired) electrons. The maximum Gasteiger partial charge on any atom is 0.199 e. The number of fused-ring (bicyclic) bond motifs is 1. The van der Waals surface area contributed by atoms with Crippen molar-refractivity contribution in [3.05, 3.63) is 76.7 Å². The summed E-state index contributed by atoms with van der Waals surface area (Å²) in [5.74, 6) is 0.917. The molecule has 1 aliphatic rings. The number of hydrogen-bond acceptors (Lipinski definition) is 5. The van der Waals surface area contributed by atoms with Crippen LogP contribution in [0.25, 0.3) is 22.3 Å². The minimum Gasteiger partial charge on any atom is -0.303 e. The number of benzene rings is 2. The van der Waals surface area contributed by atoms with Crippen molar-refractivity contribution in [2.24, 2.45) is 7.05 Å². The first-order valence-corrected chi connectivity index (χ1v) is 11.5. The van der Waals surface area contributed by atoms with E-state index < -0.39 is 0 Å². The second kappa shape index (κ2) is 8.94. The van der Waals surface area contributed by atoms with E-state index in [1.165, 1.54) is 16.5 Å². The highest BCUT2D eigenvalue weighted by atomic mass is 32.1. The van der Waals surface area contributed by atoms with E-state index in [1.54, 1.807) is 0 Å². The maximum atomic E-state index is 5.69. The van der Waals surface area contributed by atoms with E-state index >= 15 is 0 Å². The molecule has 0 aliphatic carbocycles. The molecule has 1 aliphatic heterocycles. The highest BCUT2D eigenvalue weighted by molar-refractivity contribution is 7.71. The first-order chi connectivity index (χ1) is 15.6. The highest BCUT2D eigenvalue weighted by Crippen LogP contribution is 2.20. The summed E-state index contributed by atoms with van der Waals surface area (Å²) in [7, 11) is 2.00. The Balaban J connectivity index is 1.25. The molecular formula is C25H28N6S. The SMILES string of the molecule is Cc1cccc(-c2nn(CN3CCN(Cc4cccc5cccnc45)CC3)c(=S)n2C)c1. The normalized spacial score (nSPS) is 15.4. The third kappa shape index (κ3) is 4.24. The van der Waals surface area contributed by atoms with Crippen molar-refractivity contribution in [3.8, 4) is 11.4 Å².